The first-order valence-electron chi connectivity index (χ1n) is 6.32. The number of tetrazole rings is 1. The highest BCUT2D eigenvalue weighted by Crippen LogP contribution is 2.14. The van der Waals surface area contributed by atoms with Crippen molar-refractivity contribution < 1.29 is 4.79 Å². The molecule has 0 radical (unpaired) electrons. The van der Waals surface area contributed by atoms with Gasteiger partial charge in [-0.25, -0.2) is 14.6 Å². The minimum absolute atomic E-state index is 0.148. The van der Waals surface area contributed by atoms with E-state index in [1.807, 2.05) is 0 Å². The van der Waals surface area contributed by atoms with Crippen molar-refractivity contribution in [2.24, 2.45) is 7.05 Å². The lowest BCUT2D eigenvalue weighted by molar-refractivity contribution is -0.113. The first-order chi connectivity index (χ1) is 10.7. The van der Waals surface area contributed by atoms with E-state index in [9.17, 15) is 4.79 Å². The molecule has 0 aliphatic heterocycles. The van der Waals surface area contributed by atoms with Crippen molar-refractivity contribution in [2.75, 3.05) is 11.1 Å². The highest BCUT2D eigenvalue weighted by molar-refractivity contribution is 7.99. The number of nitrogens with zero attached hydrogens (tertiary/aromatic N) is 7. The average molecular weight is 316 g/mol. The second-order valence-electron chi connectivity index (χ2n) is 4.30. The van der Waals surface area contributed by atoms with E-state index in [4.69, 9.17) is 0 Å². The van der Waals surface area contributed by atoms with Gasteiger partial charge in [-0.05, 0) is 22.6 Å². The number of carbonyl (C=O) groups is 1. The largest absolute Gasteiger partial charge is 0.324 e. The summed E-state index contributed by atoms with van der Waals surface area (Å²) in [6.07, 6.45) is 6.73. The van der Waals surface area contributed by atoms with Crippen LogP contribution >= 0.6 is 11.8 Å². The molecular formula is C12H12N8OS. The van der Waals surface area contributed by atoms with E-state index in [-0.39, 0.29) is 11.7 Å². The summed E-state index contributed by atoms with van der Waals surface area (Å²) in [6, 6.07) is 3.59. The summed E-state index contributed by atoms with van der Waals surface area (Å²) in [6.45, 7) is 0. The normalized spacial score (nSPS) is 10.6. The van der Waals surface area contributed by atoms with Gasteiger partial charge in [-0.15, -0.1) is 5.10 Å². The summed E-state index contributed by atoms with van der Waals surface area (Å²) in [4.78, 5) is 20.1. The Bertz CT molecular complexity index is 752. The van der Waals surface area contributed by atoms with Crippen LogP contribution in [0.25, 0.3) is 5.82 Å². The molecule has 3 heterocycles. The van der Waals surface area contributed by atoms with Gasteiger partial charge in [0.1, 0.15) is 12.1 Å². The van der Waals surface area contributed by atoms with Crippen molar-refractivity contribution in [1.29, 1.82) is 0 Å². The molecule has 112 valence electrons. The van der Waals surface area contributed by atoms with Crippen LogP contribution in [0.4, 0.5) is 5.69 Å². The molecule has 10 heteroatoms. The van der Waals surface area contributed by atoms with Crippen molar-refractivity contribution in [3.63, 3.8) is 0 Å². The number of hydrogen-bond acceptors (Lipinski definition) is 7. The second kappa shape index (κ2) is 6.35. The van der Waals surface area contributed by atoms with Crippen molar-refractivity contribution in [1.82, 2.24) is 34.7 Å². The molecule has 0 atom stereocenters. The van der Waals surface area contributed by atoms with Gasteiger partial charge in [-0.2, -0.15) is 0 Å². The number of amides is 1. The number of rotatable bonds is 5. The SMILES string of the molecule is Cn1nnnc1SCC(=O)Nc1ccc(-n2ccnc2)nc1. The van der Waals surface area contributed by atoms with E-state index < -0.39 is 0 Å². The number of thioether (sulfide) groups is 1. The summed E-state index contributed by atoms with van der Waals surface area (Å²) in [5.41, 5.74) is 0.630. The summed E-state index contributed by atoms with van der Waals surface area (Å²) in [7, 11) is 1.72. The first kappa shape index (κ1) is 14.2. The highest BCUT2D eigenvalue weighted by Gasteiger charge is 2.08. The van der Waals surface area contributed by atoms with Crippen LogP contribution in [-0.2, 0) is 11.8 Å². The monoisotopic (exact) mass is 316 g/mol. The van der Waals surface area contributed by atoms with Crippen LogP contribution in [0.3, 0.4) is 0 Å². The maximum absolute atomic E-state index is 11.9. The Kier molecular flexibility index (Phi) is 4.10. The zero-order chi connectivity index (χ0) is 15.4. The van der Waals surface area contributed by atoms with Gasteiger partial charge < -0.3 is 5.32 Å². The van der Waals surface area contributed by atoms with Crippen LogP contribution in [0.1, 0.15) is 0 Å². The van der Waals surface area contributed by atoms with Crippen molar-refractivity contribution in [3.8, 4) is 5.82 Å². The molecule has 0 saturated carbocycles. The number of hydrogen-bond donors (Lipinski definition) is 1. The molecule has 22 heavy (non-hydrogen) atoms. The summed E-state index contributed by atoms with van der Waals surface area (Å²) < 4.78 is 3.29. The molecule has 0 aromatic carbocycles. The highest BCUT2D eigenvalue weighted by atomic mass is 32.2. The zero-order valence-corrected chi connectivity index (χ0v) is 12.4. The summed E-state index contributed by atoms with van der Waals surface area (Å²) in [5.74, 6) is 0.803. The quantitative estimate of drug-likeness (QED) is 0.684. The minimum atomic E-state index is -0.148. The van der Waals surface area contributed by atoms with E-state index in [1.54, 1.807) is 48.7 Å². The first-order valence-corrected chi connectivity index (χ1v) is 7.30. The fourth-order valence-corrected chi connectivity index (χ4v) is 2.33. The van der Waals surface area contributed by atoms with Gasteiger partial charge in [0.2, 0.25) is 11.1 Å². The number of aryl methyl sites for hydroxylation is 1. The number of anilines is 1. The Morgan fingerprint density at radius 2 is 2.32 bits per heavy atom. The molecule has 0 unspecified atom stereocenters. The second-order valence-corrected chi connectivity index (χ2v) is 5.24. The van der Waals surface area contributed by atoms with E-state index in [0.717, 1.165) is 5.82 Å². The van der Waals surface area contributed by atoms with E-state index in [0.29, 0.717) is 10.8 Å². The van der Waals surface area contributed by atoms with Gasteiger partial charge in [0.25, 0.3) is 0 Å². The van der Waals surface area contributed by atoms with Crippen LogP contribution in [0.15, 0.2) is 42.2 Å². The molecule has 1 N–H and O–H groups in total. The van der Waals surface area contributed by atoms with Crippen molar-refractivity contribution >= 4 is 23.4 Å². The molecule has 0 bridgehead atoms. The summed E-state index contributed by atoms with van der Waals surface area (Å²) in [5, 5.41) is 14.4. The predicted octanol–water partition coefficient (Wildman–Crippen LogP) is 0.522. The summed E-state index contributed by atoms with van der Waals surface area (Å²) >= 11 is 1.26. The Hall–Kier alpha value is -2.75. The fourth-order valence-electron chi connectivity index (χ4n) is 1.68. The number of pyridine rings is 1. The van der Waals surface area contributed by atoms with Gasteiger partial charge in [0.15, 0.2) is 0 Å². The third kappa shape index (κ3) is 3.28. The standard InChI is InChI=1S/C12H12N8OS/c1-19-12(16-17-18-19)22-7-11(21)15-9-2-3-10(14-6-9)20-5-4-13-8-20/h2-6,8H,7H2,1H3,(H,15,21). The molecular weight excluding hydrogens is 304 g/mol. The van der Waals surface area contributed by atoms with E-state index in [1.165, 1.54) is 16.4 Å². The Balaban J connectivity index is 1.56. The predicted molar refractivity (Wildman–Crippen MR) is 79.5 cm³/mol. The van der Waals surface area contributed by atoms with Crippen LogP contribution in [0.2, 0.25) is 0 Å². The number of aromatic nitrogens is 7. The van der Waals surface area contributed by atoms with Crippen molar-refractivity contribution in [3.05, 3.63) is 37.1 Å². The maximum atomic E-state index is 11.9. The fraction of sp³-hybridized carbons (Fsp3) is 0.167. The Morgan fingerprint density at radius 1 is 1.41 bits per heavy atom. The molecule has 3 rings (SSSR count). The number of nitrogens with one attached hydrogen (secondary N) is 1. The molecule has 9 nitrogen and oxygen atoms in total. The van der Waals surface area contributed by atoms with Gasteiger partial charge in [0.05, 0.1) is 17.6 Å². The molecule has 0 aliphatic carbocycles. The van der Waals surface area contributed by atoms with Gasteiger partial charge in [-0.1, -0.05) is 11.8 Å². The third-order valence-electron chi connectivity index (χ3n) is 2.71. The number of carbonyl (C=O) groups excluding carboxylic acids is 1. The van der Waals surface area contributed by atoms with E-state index >= 15 is 0 Å². The zero-order valence-electron chi connectivity index (χ0n) is 11.6. The van der Waals surface area contributed by atoms with Crippen LogP contribution in [-0.4, -0.2) is 46.4 Å². The molecule has 3 aromatic heterocycles. The maximum Gasteiger partial charge on any atom is 0.234 e. The molecule has 0 fully saturated rings. The Morgan fingerprint density at radius 3 is 2.95 bits per heavy atom. The minimum Gasteiger partial charge on any atom is -0.324 e. The third-order valence-corrected chi connectivity index (χ3v) is 3.72. The van der Waals surface area contributed by atoms with E-state index in [2.05, 4.69) is 30.8 Å². The van der Waals surface area contributed by atoms with Gasteiger partial charge >= 0.3 is 0 Å². The Labute approximate surface area is 129 Å². The van der Waals surface area contributed by atoms with Crippen LogP contribution in [0, 0.1) is 0 Å². The lowest BCUT2D eigenvalue weighted by atomic mass is 10.4. The van der Waals surface area contributed by atoms with Gasteiger partial charge in [-0.3, -0.25) is 9.36 Å². The van der Waals surface area contributed by atoms with Crippen LogP contribution in [0.5, 0.6) is 0 Å². The average Bonchev–Trinajstić information content (AvgIpc) is 3.18. The molecule has 1 amide bonds. The lowest BCUT2D eigenvalue weighted by Gasteiger charge is -2.06. The molecule has 3 aromatic rings. The topological polar surface area (TPSA) is 103 Å². The molecule has 0 spiro atoms. The number of imidazole rings is 1. The molecule has 0 aliphatic rings. The van der Waals surface area contributed by atoms with Crippen LogP contribution < -0.4 is 5.32 Å². The molecule has 0 saturated heterocycles. The smallest absolute Gasteiger partial charge is 0.234 e. The lowest BCUT2D eigenvalue weighted by Crippen LogP contribution is -2.14. The van der Waals surface area contributed by atoms with Crippen molar-refractivity contribution in [2.45, 2.75) is 5.16 Å². The van der Waals surface area contributed by atoms with Gasteiger partial charge in [0, 0.05) is 19.4 Å².